The molecule has 3 aromatic carbocycles. The second-order valence-corrected chi connectivity index (χ2v) is 8.50. The van der Waals surface area contributed by atoms with Crippen LogP contribution in [0.15, 0.2) is 66.7 Å². The van der Waals surface area contributed by atoms with Crippen LogP contribution in [0.2, 0.25) is 0 Å². The number of hydrogen-bond donors (Lipinski definition) is 3. The maximum atomic E-state index is 12.4. The van der Waals surface area contributed by atoms with Gasteiger partial charge in [0, 0.05) is 16.7 Å². The molecule has 0 radical (unpaired) electrons. The van der Waals surface area contributed by atoms with E-state index in [1.807, 2.05) is 36.4 Å². The second kappa shape index (κ2) is 9.51. The van der Waals surface area contributed by atoms with Gasteiger partial charge in [0.1, 0.15) is 5.75 Å². The molecule has 32 heavy (non-hydrogen) atoms. The normalized spacial score (nSPS) is 12.0. The number of carbonyl (C=O) groups is 3. The Labute approximate surface area is 187 Å². The van der Waals surface area contributed by atoms with Gasteiger partial charge in [-0.2, -0.15) is 0 Å². The number of anilines is 1. The third kappa shape index (κ3) is 5.85. The lowest BCUT2D eigenvalue weighted by Crippen LogP contribution is -2.47. The molecular formula is C25H27N3O4. The van der Waals surface area contributed by atoms with Crippen molar-refractivity contribution < 1.29 is 19.1 Å². The summed E-state index contributed by atoms with van der Waals surface area (Å²) in [6.07, 6.45) is -0.825. The quantitative estimate of drug-likeness (QED) is 0.529. The number of hydrazine groups is 1. The minimum atomic E-state index is -0.825. The van der Waals surface area contributed by atoms with E-state index in [0.717, 1.165) is 10.8 Å². The predicted octanol–water partition coefficient (Wildman–Crippen LogP) is 4.05. The van der Waals surface area contributed by atoms with Crippen LogP contribution < -0.4 is 20.9 Å². The van der Waals surface area contributed by atoms with Gasteiger partial charge in [-0.25, -0.2) is 0 Å². The number of benzene rings is 3. The molecule has 0 heterocycles. The molecule has 3 amide bonds. The zero-order valence-electron chi connectivity index (χ0n) is 18.6. The number of carbonyl (C=O) groups excluding carboxylic acids is 3. The maximum Gasteiger partial charge on any atom is 0.279 e. The Morgan fingerprint density at radius 3 is 2.28 bits per heavy atom. The molecule has 7 nitrogen and oxygen atoms in total. The average molecular weight is 434 g/mol. The van der Waals surface area contributed by atoms with Gasteiger partial charge in [0.05, 0.1) is 0 Å². The fourth-order valence-electron chi connectivity index (χ4n) is 2.85. The molecule has 3 aromatic rings. The lowest BCUT2D eigenvalue weighted by atomic mass is 9.95. The zero-order valence-corrected chi connectivity index (χ0v) is 18.6. The van der Waals surface area contributed by atoms with Crippen LogP contribution in [-0.4, -0.2) is 23.8 Å². The third-order valence-corrected chi connectivity index (χ3v) is 4.77. The van der Waals surface area contributed by atoms with E-state index in [2.05, 4.69) is 16.2 Å². The second-order valence-electron chi connectivity index (χ2n) is 8.50. The van der Waals surface area contributed by atoms with Crippen molar-refractivity contribution in [1.82, 2.24) is 10.9 Å². The molecule has 3 N–H and O–H groups in total. The zero-order chi connectivity index (χ0) is 23.3. The van der Waals surface area contributed by atoms with Gasteiger partial charge in [-0.1, -0.05) is 57.2 Å². The van der Waals surface area contributed by atoms with Crippen LogP contribution in [0.1, 0.15) is 38.1 Å². The summed E-state index contributed by atoms with van der Waals surface area (Å²) in [6, 6.07) is 19.9. The van der Waals surface area contributed by atoms with Gasteiger partial charge in [0.25, 0.3) is 11.8 Å². The highest BCUT2D eigenvalue weighted by Crippen LogP contribution is 2.21. The van der Waals surface area contributed by atoms with Gasteiger partial charge in [0.2, 0.25) is 5.91 Å². The van der Waals surface area contributed by atoms with Crippen LogP contribution >= 0.6 is 0 Å². The van der Waals surface area contributed by atoms with E-state index < -0.39 is 23.3 Å². The van der Waals surface area contributed by atoms with E-state index in [1.54, 1.807) is 58.0 Å². The fraction of sp³-hybridized carbons (Fsp3) is 0.240. The molecule has 0 saturated heterocycles. The third-order valence-electron chi connectivity index (χ3n) is 4.77. The first kappa shape index (κ1) is 22.8. The minimum Gasteiger partial charge on any atom is -0.481 e. The maximum absolute atomic E-state index is 12.4. The van der Waals surface area contributed by atoms with Crippen LogP contribution in [0.5, 0.6) is 5.75 Å². The highest BCUT2D eigenvalue weighted by atomic mass is 16.5. The molecule has 0 bridgehead atoms. The van der Waals surface area contributed by atoms with E-state index in [9.17, 15) is 14.4 Å². The van der Waals surface area contributed by atoms with Crippen molar-refractivity contribution in [1.29, 1.82) is 0 Å². The van der Waals surface area contributed by atoms with Crippen LogP contribution in [0.4, 0.5) is 5.69 Å². The van der Waals surface area contributed by atoms with Crippen LogP contribution in [0.3, 0.4) is 0 Å². The summed E-state index contributed by atoms with van der Waals surface area (Å²) in [7, 11) is 0. The summed E-state index contributed by atoms with van der Waals surface area (Å²) in [5, 5.41) is 4.85. The lowest BCUT2D eigenvalue weighted by Gasteiger charge is -2.18. The van der Waals surface area contributed by atoms with Crippen molar-refractivity contribution in [3.05, 3.63) is 72.3 Å². The van der Waals surface area contributed by atoms with Crippen molar-refractivity contribution >= 4 is 34.2 Å². The van der Waals surface area contributed by atoms with Crippen molar-refractivity contribution in [2.45, 2.75) is 33.8 Å². The molecule has 0 aromatic heterocycles. The molecule has 0 fully saturated rings. The molecule has 0 aliphatic carbocycles. The molecular weight excluding hydrogens is 406 g/mol. The number of nitrogens with one attached hydrogen (secondary N) is 3. The van der Waals surface area contributed by atoms with Crippen molar-refractivity contribution in [2.24, 2.45) is 5.41 Å². The molecule has 0 unspecified atom stereocenters. The van der Waals surface area contributed by atoms with Crippen molar-refractivity contribution in [3.63, 3.8) is 0 Å². The first-order chi connectivity index (χ1) is 15.1. The van der Waals surface area contributed by atoms with Gasteiger partial charge >= 0.3 is 0 Å². The van der Waals surface area contributed by atoms with E-state index in [1.165, 1.54) is 0 Å². The Morgan fingerprint density at radius 2 is 1.56 bits per heavy atom. The Hall–Kier alpha value is -3.87. The molecule has 0 spiro atoms. The van der Waals surface area contributed by atoms with Crippen LogP contribution in [0.25, 0.3) is 10.8 Å². The van der Waals surface area contributed by atoms with Gasteiger partial charge < -0.3 is 10.1 Å². The average Bonchev–Trinajstić information content (AvgIpc) is 2.76. The smallest absolute Gasteiger partial charge is 0.279 e. The Balaban J connectivity index is 1.56. The van der Waals surface area contributed by atoms with Gasteiger partial charge in [-0.15, -0.1) is 0 Å². The highest BCUT2D eigenvalue weighted by molar-refractivity contribution is 5.99. The fourth-order valence-corrected chi connectivity index (χ4v) is 2.85. The van der Waals surface area contributed by atoms with E-state index in [0.29, 0.717) is 17.0 Å². The largest absolute Gasteiger partial charge is 0.481 e. The monoisotopic (exact) mass is 433 g/mol. The Morgan fingerprint density at radius 1 is 0.844 bits per heavy atom. The van der Waals surface area contributed by atoms with Crippen molar-refractivity contribution in [2.75, 3.05) is 5.32 Å². The number of fused-ring (bicyclic) bond motifs is 1. The standard InChI is InChI=1S/C25H27N3O4/c1-16(32-21-13-12-17-8-5-6-9-18(17)15-21)22(29)27-28-23(30)19-10-7-11-20(14-19)26-24(31)25(2,3)4/h5-16H,1-4H3,(H,26,31)(H,27,29)(H,28,30)/t16-/m0/s1. The molecule has 3 rings (SSSR count). The number of hydrogen-bond acceptors (Lipinski definition) is 4. The topological polar surface area (TPSA) is 96.5 Å². The first-order valence-electron chi connectivity index (χ1n) is 10.3. The van der Waals surface area contributed by atoms with E-state index in [-0.39, 0.29) is 5.91 Å². The number of ether oxygens (including phenoxy) is 1. The molecule has 0 aliphatic rings. The van der Waals surface area contributed by atoms with Crippen molar-refractivity contribution in [3.8, 4) is 5.75 Å². The predicted molar refractivity (Wildman–Crippen MR) is 124 cm³/mol. The van der Waals surface area contributed by atoms with E-state index >= 15 is 0 Å². The molecule has 0 saturated carbocycles. The summed E-state index contributed by atoms with van der Waals surface area (Å²) < 4.78 is 5.71. The lowest BCUT2D eigenvalue weighted by molar-refractivity contribution is -0.128. The summed E-state index contributed by atoms with van der Waals surface area (Å²) >= 11 is 0. The minimum absolute atomic E-state index is 0.164. The molecule has 0 aliphatic heterocycles. The Kier molecular flexibility index (Phi) is 6.78. The van der Waals surface area contributed by atoms with Crippen LogP contribution in [0, 0.1) is 5.41 Å². The number of amides is 3. The van der Waals surface area contributed by atoms with Crippen LogP contribution in [-0.2, 0) is 9.59 Å². The summed E-state index contributed by atoms with van der Waals surface area (Å²) in [5.74, 6) is -0.616. The molecule has 1 atom stereocenters. The Bertz CT molecular complexity index is 1150. The summed E-state index contributed by atoms with van der Waals surface area (Å²) in [6.45, 7) is 7.00. The van der Waals surface area contributed by atoms with Gasteiger partial charge in [-0.3, -0.25) is 25.2 Å². The molecule has 166 valence electrons. The highest BCUT2D eigenvalue weighted by Gasteiger charge is 2.21. The SMILES string of the molecule is C[C@H](Oc1ccc2ccccc2c1)C(=O)NNC(=O)c1cccc(NC(=O)C(C)(C)C)c1. The summed E-state index contributed by atoms with van der Waals surface area (Å²) in [4.78, 5) is 36.9. The molecule has 7 heteroatoms. The summed E-state index contributed by atoms with van der Waals surface area (Å²) in [5.41, 5.74) is 4.97. The van der Waals surface area contributed by atoms with Gasteiger partial charge in [-0.05, 0) is 48.0 Å². The first-order valence-corrected chi connectivity index (χ1v) is 10.3. The number of rotatable bonds is 5. The van der Waals surface area contributed by atoms with E-state index in [4.69, 9.17) is 4.74 Å². The van der Waals surface area contributed by atoms with Gasteiger partial charge in [0.15, 0.2) is 6.10 Å².